The van der Waals surface area contributed by atoms with E-state index in [0.717, 1.165) is 18.4 Å². The number of carboxylic acids is 1. The molecule has 0 aliphatic heterocycles. The van der Waals surface area contributed by atoms with Crippen LogP contribution in [0.3, 0.4) is 0 Å². The van der Waals surface area contributed by atoms with Gasteiger partial charge >= 0.3 is 5.97 Å². The van der Waals surface area contributed by atoms with Gasteiger partial charge in [0.05, 0.1) is 10.8 Å². The first kappa shape index (κ1) is 19.3. The van der Waals surface area contributed by atoms with Gasteiger partial charge in [-0.1, -0.05) is 19.1 Å². The summed E-state index contributed by atoms with van der Waals surface area (Å²) in [6, 6.07) is 11.5. The van der Waals surface area contributed by atoms with E-state index in [1.807, 2.05) is 0 Å². The molecule has 1 amide bonds. The van der Waals surface area contributed by atoms with Crippen molar-refractivity contribution >= 4 is 28.9 Å². The molecule has 8 nitrogen and oxygen atoms in total. The van der Waals surface area contributed by atoms with Crippen molar-refractivity contribution in [3.63, 3.8) is 0 Å². The third-order valence-electron chi connectivity index (χ3n) is 4.57. The van der Waals surface area contributed by atoms with Crippen molar-refractivity contribution in [2.45, 2.75) is 32.2 Å². The average Bonchev–Trinajstić information content (AvgIpc) is 3.47. The van der Waals surface area contributed by atoms with Crippen LogP contribution >= 0.6 is 0 Å². The lowest BCUT2D eigenvalue weighted by Gasteiger charge is -2.10. The number of benzene rings is 2. The van der Waals surface area contributed by atoms with Crippen LogP contribution in [0.2, 0.25) is 0 Å². The predicted octanol–water partition coefficient (Wildman–Crippen LogP) is 3.68. The highest BCUT2D eigenvalue weighted by molar-refractivity contribution is 6.05. The average molecular weight is 383 g/mol. The second-order valence-corrected chi connectivity index (χ2v) is 7.00. The Morgan fingerprint density at radius 3 is 2.46 bits per heavy atom. The highest BCUT2D eigenvalue weighted by atomic mass is 16.6. The van der Waals surface area contributed by atoms with Gasteiger partial charge in [-0.05, 0) is 49.1 Å². The Morgan fingerprint density at radius 1 is 1.21 bits per heavy atom. The number of nitrogens with one attached hydrogen (secondary N) is 2. The van der Waals surface area contributed by atoms with Gasteiger partial charge in [-0.3, -0.25) is 19.7 Å². The molecule has 1 aliphatic carbocycles. The van der Waals surface area contributed by atoms with E-state index < -0.39 is 22.7 Å². The monoisotopic (exact) mass is 383 g/mol. The van der Waals surface area contributed by atoms with E-state index in [1.54, 1.807) is 43.3 Å². The number of hydrogen-bond acceptors (Lipinski definition) is 5. The van der Waals surface area contributed by atoms with E-state index in [0.29, 0.717) is 17.8 Å². The van der Waals surface area contributed by atoms with Gasteiger partial charge in [-0.15, -0.1) is 0 Å². The summed E-state index contributed by atoms with van der Waals surface area (Å²) in [6.07, 6.45) is 2.37. The minimum absolute atomic E-state index is 0.127. The first-order chi connectivity index (χ1) is 13.3. The van der Waals surface area contributed by atoms with Gasteiger partial charge in [0.1, 0.15) is 5.69 Å². The fourth-order valence-corrected chi connectivity index (χ4v) is 2.76. The number of carbonyl (C=O) groups excluding carboxylic acids is 1. The molecule has 0 radical (unpaired) electrons. The summed E-state index contributed by atoms with van der Waals surface area (Å²) in [6.45, 7) is 1.63. The molecule has 1 saturated carbocycles. The summed E-state index contributed by atoms with van der Waals surface area (Å²) in [5.41, 5.74) is 1.86. The molecule has 0 saturated heterocycles. The predicted molar refractivity (Wildman–Crippen MR) is 105 cm³/mol. The number of carboxylic acid groups (broad SMARTS) is 1. The number of nitro benzene ring substituents is 1. The number of aliphatic carboxylic acids is 1. The first-order valence-electron chi connectivity index (χ1n) is 9.01. The molecule has 0 spiro atoms. The third-order valence-corrected chi connectivity index (χ3v) is 4.57. The molecule has 3 rings (SSSR count). The van der Waals surface area contributed by atoms with E-state index in [4.69, 9.17) is 5.11 Å². The highest BCUT2D eigenvalue weighted by Gasteiger charge is 2.25. The van der Waals surface area contributed by atoms with Crippen molar-refractivity contribution in [2.75, 3.05) is 10.6 Å². The molecule has 8 heteroatoms. The maximum atomic E-state index is 12.5. The molecule has 0 heterocycles. The second-order valence-electron chi connectivity index (χ2n) is 7.00. The van der Waals surface area contributed by atoms with E-state index in [2.05, 4.69) is 10.6 Å². The normalized spacial score (nSPS) is 14.2. The minimum atomic E-state index is -0.862. The Labute approximate surface area is 161 Å². The van der Waals surface area contributed by atoms with Crippen molar-refractivity contribution in [1.29, 1.82) is 0 Å². The number of anilines is 2. The van der Waals surface area contributed by atoms with Crippen LogP contribution < -0.4 is 10.6 Å². The van der Waals surface area contributed by atoms with Crippen LogP contribution in [0.1, 0.15) is 35.7 Å². The van der Waals surface area contributed by atoms with Gasteiger partial charge in [0, 0.05) is 23.4 Å². The fraction of sp³-hybridized carbons (Fsp3) is 0.300. The molecule has 146 valence electrons. The SMILES string of the molecule is CC(Cc1ccc(NC(=O)c2ccc(NC3CC3)c([N+](=O)[O-])c2)cc1)C(=O)O. The minimum Gasteiger partial charge on any atom is -0.481 e. The Bertz CT molecular complexity index is 907. The maximum absolute atomic E-state index is 12.5. The summed E-state index contributed by atoms with van der Waals surface area (Å²) < 4.78 is 0. The molecule has 1 fully saturated rings. The third kappa shape index (κ3) is 4.85. The number of rotatable bonds is 8. The lowest BCUT2D eigenvalue weighted by atomic mass is 10.0. The molecule has 0 aromatic heterocycles. The Balaban J connectivity index is 1.69. The Hall–Kier alpha value is -3.42. The molecule has 1 unspecified atom stereocenters. The smallest absolute Gasteiger partial charge is 0.306 e. The zero-order chi connectivity index (χ0) is 20.3. The Kier molecular flexibility index (Phi) is 5.58. The van der Waals surface area contributed by atoms with E-state index in [-0.39, 0.29) is 17.3 Å². The van der Waals surface area contributed by atoms with Crippen LogP contribution in [0.4, 0.5) is 17.1 Å². The molecule has 1 atom stereocenters. The van der Waals surface area contributed by atoms with Crippen molar-refractivity contribution in [2.24, 2.45) is 5.92 Å². The second kappa shape index (κ2) is 8.08. The molecule has 2 aromatic carbocycles. The summed E-state index contributed by atoms with van der Waals surface area (Å²) in [5, 5.41) is 26.1. The lowest BCUT2D eigenvalue weighted by Crippen LogP contribution is -2.14. The Morgan fingerprint density at radius 2 is 1.89 bits per heavy atom. The van der Waals surface area contributed by atoms with Crippen LogP contribution in [0, 0.1) is 16.0 Å². The van der Waals surface area contributed by atoms with Crippen LogP contribution in [0.5, 0.6) is 0 Å². The zero-order valence-electron chi connectivity index (χ0n) is 15.3. The molecular formula is C20H21N3O5. The quantitative estimate of drug-likeness (QED) is 0.472. The van der Waals surface area contributed by atoms with E-state index >= 15 is 0 Å². The van der Waals surface area contributed by atoms with Crippen LogP contribution in [-0.4, -0.2) is 27.9 Å². The van der Waals surface area contributed by atoms with Gasteiger partial charge in [0.15, 0.2) is 0 Å². The number of nitrogens with zero attached hydrogens (tertiary/aromatic N) is 1. The topological polar surface area (TPSA) is 122 Å². The number of hydrogen-bond donors (Lipinski definition) is 3. The maximum Gasteiger partial charge on any atom is 0.306 e. The van der Waals surface area contributed by atoms with Crippen molar-refractivity contribution < 1.29 is 19.6 Å². The number of carbonyl (C=O) groups is 2. The van der Waals surface area contributed by atoms with Crippen LogP contribution in [-0.2, 0) is 11.2 Å². The molecule has 3 N–H and O–H groups in total. The van der Waals surface area contributed by atoms with Crippen molar-refractivity contribution in [3.8, 4) is 0 Å². The number of nitro groups is 1. The summed E-state index contributed by atoms with van der Waals surface area (Å²) >= 11 is 0. The lowest BCUT2D eigenvalue weighted by molar-refractivity contribution is -0.384. The van der Waals surface area contributed by atoms with Crippen molar-refractivity contribution in [1.82, 2.24) is 0 Å². The van der Waals surface area contributed by atoms with Gasteiger partial charge in [0.25, 0.3) is 11.6 Å². The van der Waals surface area contributed by atoms with Crippen LogP contribution in [0.25, 0.3) is 0 Å². The van der Waals surface area contributed by atoms with E-state index in [1.165, 1.54) is 6.07 Å². The highest BCUT2D eigenvalue weighted by Crippen LogP contribution is 2.31. The standard InChI is InChI=1S/C20H21N3O5/c1-12(20(25)26)10-13-2-5-16(6-3-13)22-19(24)14-4-9-17(21-15-7-8-15)18(11-14)23(27)28/h2-6,9,11-12,15,21H,7-8,10H2,1H3,(H,22,24)(H,25,26). The molecule has 28 heavy (non-hydrogen) atoms. The van der Waals surface area contributed by atoms with Gasteiger partial charge in [-0.2, -0.15) is 0 Å². The van der Waals surface area contributed by atoms with Crippen molar-refractivity contribution in [3.05, 3.63) is 63.7 Å². The molecule has 1 aliphatic rings. The summed E-state index contributed by atoms with van der Waals surface area (Å²) in [7, 11) is 0. The largest absolute Gasteiger partial charge is 0.481 e. The molecular weight excluding hydrogens is 362 g/mol. The number of amides is 1. The van der Waals surface area contributed by atoms with Gasteiger partial charge in [0.2, 0.25) is 0 Å². The van der Waals surface area contributed by atoms with E-state index in [9.17, 15) is 19.7 Å². The zero-order valence-corrected chi connectivity index (χ0v) is 15.3. The molecule has 0 bridgehead atoms. The van der Waals surface area contributed by atoms with Crippen LogP contribution in [0.15, 0.2) is 42.5 Å². The summed E-state index contributed by atoms with van der Waals surface area (Å²) in [5.74, 6) is -1.81. The molecule has 2 aromatic rings. The summed E-state index contributed by atoms with van der Waals surface area (Å²) in [4.78, 5) is 34.2. The van der Waals surface area contributed by atoms with Gasteiger partial charge in [-0.25, -0.2) is 0 Å². The fourth-order valence-electron chi connectivity index (χ4n) is 2.76. The van der Waals surface area contributed by atoms with Gasteiger partial charge < -0.3 is 15.7 Å². The first-order valence-corrected chi connectivity index (χ1v) is 9.01.